The fourth-order valence-electron chi connectivity index (χ4n) is 1.81. The molecule has 1 aromatic carbocycles. The van der Waals surface area contributed by atoms with Gasteiger partial charge in [-0.2, -0.15) is 0 Å². The summed E-state index contributed by atoms with van der Waals surface area (Å²) in [6, 6.07) is 10.7. The van der Waals surface area contributed by atoms with Crippen molar-refractivity contribution in [1.29, 1.82) is 0 Å². The summed E-state index contributed by atoms with van der Waals surface area (Å²) in [4.78, 5) is 19.5. The topological polar surface area (TPSA) is 72.3 Å². The molecule has 0 aliphatic carbocycles. The molecule has 0 radical (unpaired) electrons. The average molecular weight is 286 g/mol. The molecule has 2 rings (SSSR count). The SMILES string of the molecule is CCCCOC(O)c1cc(C=O)nc(-c2ccccc2)n1. The Hall–Kier alpha value is -2.11. The normalized spacial score (nSPS) is 12.1. The van der Waals surface area contributed by atoms with Crippen LogP contribution in [0, 0.1) is 0 Å². The number of hydrogen-bond donors (Lipinski definition) is 1. The lowest BCUT2D eigenvalue weighted by Gasteiger charge is -2.12. The van der Waals surface area contributed by atoms with Crippen molar-refractivity contribution in [3.63, 3.8) is 0 Å². The molecule has 110 valence electrons. The molecule has 0 bridgehead atoms. The summed E-state index contributed by atoms with van der Waals surface area (Å²) in [6.07, 6.45) is 1.32. The van der Waals surface area contributed by atoms with Gasteiger partial charge in [0.25, 0.3) is 0 Å². The fraction of sp³-hybridized carbons (Fsp3) is 0.312. The Labute approximate surface area is 123 Å². The van der Waals surface area contributed by atoms with Gasteiger partial charge in [0.05, 0.1) is 6.61 Å². The molecule has 0 amide bonds. The summed E-state index contributed by atoms with van der Waals surface area (Å²) < 4.78 is 5.31. The van der Waals surface area contributed by atoms with Crippen LogP contribution in [0.2, 0.25) is 0 Å². The van der Waals surface area contributed by atoms with Gasteiger partial charge in [-0.1, -0.05) is 43.7 Å². The van der Waals surface area contributed by atoms with Crippen LogP contribution in [-0.4, -0.2) is 28.0 Å². The smallest absolute Gasteiger partial charge is 0.198 e. The first kappa shape index (κ1) is 15.3. The molecule has 0 saturated heterocycles. The Balaban J connectivity index is 2.27. The standard InChI is InChI=1S/C16H18N2O3/c1-2-3-9-21-16(20)14-10-13(11-19)17-15(18-14)12-7-5-4-6-8-12/h4-8,10-11,16,20H,2-3,9H2,1H3. The molecular formula is C16H18N2O3. The monoisotopic (exact) mass is 286 g/mol. The number of aliphatic hydroxyl groups is 1. The van der Waals surface area contributed by atoms with Crippen molar-refractivity contribution in [2.75, 3.05) is 6.61 Å². The predicted molar refractivity (Wildman–Crippen MR) is 78.7 cm³/mol. The van der Waals surface area contributed by atoms with Gasteiger partial charge in [0, 0.05) is 5.56 Å². The van der Waals surface area contributed by atoms with E-state index in [-0.39, 0.29) is 5.69 Å². The third kappa shape index (κ3) is 4.18. The first-order valence-corrected chi connectivity index (χ1v) is 6.94. The minimum Gasteiger partial charge on any atom is -0.363 e. The molecule has 1 aromatic heterocycles. The van der Waals surface area contributed by atoms with E-state index in [1.807, 2.05) is 37.3 Å². The summed E-state index contributed by atoms with van der Waals surface area (Å²) in [7, 11) is 0. The van der Waals surface area contributed by atoms with Gasteiger partial charge in [-0.25, -0.2) is 9.97 Å². The molecule has 1 N–H and O–H groups in total. The molecule has 1 heterocycles. The molecule has 0 aliphatic rings. The minimum absolute atomic E-state index is 0.219. The second-order valence-electron chi connectivity index (χ2n) is 4.60. The fourth-order valence-corrected chi connectivity index (χ4v) is 1.81. The van der Waals surface area contributed by atoms with Crippen LogP contribution >= 0.6 is 0 Å². The van der Waals surface area contributed by atoms with E-state index in [1.54, 1.807) is 0 Å². The van der Waals surface area contributed by atoms with E-state index in [4.69, 9.17) is 4.74 Å². The highest BCUT2D eigenvalue weighted by molar-refractivity contribution is 5.73. The minimum atomic E-state index is -1.15. The molecular weight excluding hydrogens is 268 g/mol. The molecule has 0 saturated carbocycles. The van der Waals surface area contributed by atoms with Gasteiger partial charge in [-0.05, 0) is 12.5 Å². The Morgan fingerprint density at radius 2 is 2.05 bits per heavy atom. The summed E-state index contributed by atoms with van der Waals surface area (Å²) in [5, 5.41) is 10.0. The van der Waals surface area contributed by atoms with Crippen molar-refractivity contribution in [2.24, 2.45) is 0 Å². The largest absolute Gasteiger partial charge is 0.363 e. The van der Waals surface area contributed by atoms with E-state index in [1.165, 1.54) is 6.07 Å². The van der Waals surface area contributed by atoms with E-state index in [0.717, 1.165) is 18.4 Å². The van der Waals surface area contributed by atoms with E-state index in [0.29, 0.717) is 24.4 Å². The van der Waals surface area contributed by atoms with Gasteiger partial charge < -0.3 is 9.84 Å². The van der Waals surface area contributed by atoms with Crippen LogP contribution in [0.25, 0.3) is 11.4 Å². The van der Waals surface area contributed by atoms with E-state index < -0.39 is 6.29 Å². The van der Waals surface area contributed by atoms with Crippen LogP contribution in [0.4, 0.5) is 0 Å². The van der Waals surface area contributed by atoms with Gasteiger partial charge in [0.1, 0.15) is 11.4 Å². The van der Waals surface area contributed by atoms with E-state index >= 15 is 0 Å². The van der Waals surface area contributed by atoms with Gasteiger partial charge in [0.2, 0.25) is 0 Å². The second-order valence-corrected chi connectivity index (χ2v) is 4.60. The first-order valence-electron chi connectivity index (χ1n) is 6.94. The van der Waals surface area contributed by atoms with Gasteiger partial charge in [-0.3, -0.25) is 4.79 Å². The zero-order chi connectivity index (χ0) is 15.1. The van der Waals surface area contributed by atoms with Crippen molar-refractivity contribution >= 4 is 6.29 Å². The Kier molecular flexibility index (Phi) is 5.54. The van der Waals surface area contributed by atoms with Crippen LogP contribution in [-0.2, 0) is 4.74 Å². The molecule has 5 heteroatoms. The van der Waals surface area contributed by atoms with Crippen molar-refractivity contribution in [3.05, 3.63) is 47.8 Å². The maximum absolute atomic E-state index is 11.0. The number of carbonyl (C=O) groups excluding carboxylic acids is 1. The zero-order valence-electron chi connectivity index (χ0n) is 11.9. The summed E-state index contributed by atoms with van der Waals surface area (Å²) >= 11 is 0. The molecule has 1 atom stereocenters. The highest BCUT2D eigenvalue weighted by Gasteiger charge is 2.14. The molecule has 0 fully saturated rings. The van der Waals surface area contributed by atoms with Crippen molar-refractivity contribution in [3.8, 4) is 11.4 Å². The molecule has 5 nitrogen and oxygen atoms in total. The second kappa shape index (κ2) is 7.61. The third-order valence-corrected chi connectivity index (χ3v) is 2.95. The number of aldehydes is 1. The van der Waals surface area contributed by atoms with Crippen molar-refractivity contribution in [1.82, 2.24) is 9.97 Å². The summed E-state index contributed by atoms with van der Waals surface area (Å²) in [5.41, 5.74) is 1.29. The van der Waals surface area contributed by atoms with Crippen LogP contribution in [0.3, 0.4) is 0 Å². The number of rotatable bonds is 7. The van der Waals surface area contributed by atoms with Crippen molar-refractivity contribution < 1.29 is 14.6 Å². The Morgan fingerprint density at radius 3 is 2.71 bits per heavy atom. The van der Waals surface area contributed by atoms with Crippen LogP contribution < -0.4 is 0 Å². The highest BCUT2D eigenvalue weighted by atomic mass is 16.6. The number of unbranched alkanes of at least 4 members (excludes halogenated alkanes) is 1. The first-order chi connectivity index (χ1) is 10.2. The Morgan fingerprint density at radius 1 is 1.29 bits per heavy atom. The third-order valence-electron chi connectivity index (χ3n) is 2.95. The summed E-state index contributed by atoms with van der Waals surface area (Å²) in [5.74, 6) is 0.397. The van der Waals surface area contributed by atoms with Gasteiger partial charge in [0.15, 0.2) is 18.4 Å². The summed E-state index contributed by atoms with van der Waals surface area (Å²) in [6.45, 7) is 2.48. The van der Waals surface area contributed by atoms with Crippen LogP contribution in [0.15, 0.2) is 36.4 Å². The molecule has 21 heavy (non-hydrogen) atoms. The number of carbonyl (C=O) groups is 1. The Bertz CT molecular complexity index is 587. The van der Waals surface area contributed by atoms with E-state index in [9.17, 15) is 9.90 Å². The van der Waals surface area contributed by atoms with Crippen molar-refractivity contribution in [2.45, 2.75) is 26.1 Å². The number of aromatic nitrogens is 2. The van der Waals surface area contributed by atoms with Gasteiger partial charge in [-0.15, -0.1) is 0 Å². The van der Waals surface area contributed by atoms with Gasteiger partial charge >= 0.3 is 0 Å². The molecule has 2 aromatic rings. The van der Waals surface area contributed by atoms with Crippen LogP contribution in [0.1, 0.15) is 42.2 Å². The number of ether oxygens (including phenoxy) is 1. The lowest BCUT2D eigenvalue weighted by molar-refractivity contribution is -0.106. The maximum atomic E-state index is 11.0. The number of hydrogen-bond acceptors (Lipinski definition) is 5. The van der Waals surface area contributed by atoms with Crippen LogP contribution in [0.5, 0.6) is 0 Å². The average Bonchev–Trinajstić information content (AvgIpc) is 2.55. The maximum Gasteiger partial charge on any atom is 0.198 e. The molecule has 0 aliphatic heterocycles. The molecule has 0 spiro atoms. The predicted octanol–water partition coefficient (Wildman–Crippen LogP) is 2.76. The lowest BCUT2D eigenvalue weighted by Crippen LogP contribution is -2.09. The number of benzene rings is 1. The number of aliphatic hydroxyl groups excluding tert-OH is 1. The lowest BCUT2D eigenvalue weighted by atomic mass is 10.2. The highest BCUT2D eigenvalue weighted by Crippen LogP contribution is 2.19. The zero-order valence-corrected chi connectivity index (χ0v) is 11.9. The van der Waals surface area contributed by atoms with E-state index in [2.05, 4.69) is 9.97 Å². The number of nitrogens with zero attached hydrogens (tertiary/aromatic N) is 2. The molecule has 1 unspecified atom stereocenters. The quantitative estimate of drug-likeness (QED) is 0.481.